The molecule has 4 nitrogen and oxygen atoms in total. The number of ether oxygens (including phenoxy) is 1. The van der Waals surface area contributed by atoms with E-state index in [1.807, 2.05) is 30.3 Å². The zero-order valence-electron chi connectivity index (χ0n) is 11.3. The average Bonchev–Trinajstić information content (AvgIpc) is 2.85. The van der Waals surface area contributed by atoms with Gasteiger partial charge in [0.25, 0.3) is 0 Å². The number of nitrogens with zero attached hydrogens (tertiary/aromatic N) is 3. The van der Waals surface area contributed by atoms with Crippen LogP contribution in [0.2, 0.25) is 0 Å². The summed E-state index contributed by atoms with van der Waals surface area (Å²) in [5, 5.41) is 1.11. The Labute approximate surface area is 117 Å². The van der Waals surface area contributed by atoms with E-state index in [2.05, 4.69) is 27.2 Å². The predicted octanol–water partition coefficient (Wildman–Crippen LogP) is 3.16. The zero-order valence-corrected chi connectivity index (χ0v) is 11.3. The van der Waals surface area contributed by atoms with Gasteiger partial charge in [-0.05, 0) is 30.3 Å². The first-order chi connectivity index (χ1) is 9.83. The van der Waals surface area contributed by atoms with Crippen LogP contribution in [-0.4, -0.2) is 21.6 Å². The van der Waals surface area contributed by atoms with Gasteiger partial charge in [-0.3, -0.25) is 4.57 Å². The van der Waals surface area contributed by atoms with Crippen LogP contribution in [0.15, 0.2) is 55.4 Å². The molecule has 1 aromatic carbocycles. The molecule has 0 unspecified atom stereocenters. The Hall–Kier alpha value is -2.62. The van der Waals surface area contributed by atoms with E-state index in [-0.39, 0.29) is 0 Å². The maximum Gasteiger partial charge on any atom is 0.234 e. The number of aromatic nitrogens is 3. The van der Waals surface area contributed by atoms with Crippen molar-refractivity contribution in [3.63, 3.8) is 0 Å². The molecule has 0 spiro atoms. The first-order valence-electron chi connectivity index (χ1n) is 6.40. The molecule has 2 heterocycles. The highest BCUT2D eigenvalue weighted by Gasteiger charge is 2.12. The number of methoxy groups -OCH3 is 1. The molecule has 0 fully saturated rings. The number of benzene rings is 1. The first-order valence-corrected chi connectivity index (χ1v) is 6.40. The molecule has 3 rings (SSSR count). The van der Waals surface area contributed by atoms with Crippen LogP contribution in [0.25, 0.3) is 16.9 Å². The summed E-state index contributed by atoms with van der Waals surface area (Å²) in [6.45, 7) is 3.82. The predicted molar refractivity (Wildman–Crippen MR) is 79.3 cm³/mol. The van der Waals surface area contributed by atoms with Crippen LogP contribution in [0.3, 0.4) is 0 Å². The van der Waals surface area contributed by atoms with E-state index in [1.54, 1.807) is 19.5 Å². The number of hydrogen-bond acceptors (Lipinski definition) is 3. The van der Waals surface area contributed by atoms with E-state index in [0.717, 1.165) is 28.8 Å². The second-order valence-electron chi connectivity index (χ2n) is 4.44. The van der Waals surface area contributed by atoms with E-state index < -0.39 is 0 Å². The smallest absolute Gasteiger partial charge is 0.234 e. The van der Waals surface area contributed by atoms with Crippen molar-refractivity contribution in [2.75, 3.05) is 7.11 Å². The molecule has 0 aliphatic carbocycles. The molecule has 100 valence electrons. The fraction of sp³-hybridized carbons (Fsp3) is 0.125. The maximum absolute atomic E-state index is 5.28. The van der Waals surface area contributed by atoms with Crippen molar-refractivity contribution >= 4 is 10.9 Å². The Kier molecular flexibility index (Phi) is 3.21. The average molecular weight is 265 g/mol. The molecule has 2 aromatic heterocycles. The third-order valence-electron chi connectivity index (χ3n) is 3.19. The van der Waals surface area contributed by atoms with Gasteiger partial charge in [-0.25, -0.2) is 9.97 Å². The summed E-state index contributed by atoms with van der Waals surface area (Å²) in [5.41, 5.74) is 2.17. The van der Waals surface area contributed by atoms with Crippen LogP contribution in [0.1, 0.15) is 5.69 Å². The third kappa shape index (κ3) is 2.05. The lowest BCUT2D eigenvalue weighted by Gasteiger charge is -2.07. The molecule has 0 radical (unpaired) electrons. The molecule has 3 aromatic rings. The second kappa shape index (κ2) is 5.17. The van der Waals surface area contributed by atoms with Crippen molar-refractivity contribution in [2.24, 2.45) is 0 Å². The van der Waals surface area contributed by atoms with Gasteiger partial charge in [-0.15, -0.1) is 6.58 Å². The van der Waals surface area contributed by atoms with Gasteiger partial charge in [0.2, 0.25) is 5.95 Å². The zero-order chi connectivity index (χ0) is 13.9. The number of allylic oxidation sites excluding steroid dienone is 1. The Bertz CT molecular complexity index is 747. The molecule has 0 amide bonds. The number of rotatable bonds is 4. The minimum atomic E-state index is 0.671. The van der Waals surface area contributed by atoms with Crippen LogP contribution < -0.4 is 4.74 Å². The molecular weight excluding hydrogens is 250 g/mol. The van der Waals surface area contributed by atoms with E-state index in [4.69, 9.17) is 4.74 Å². The Morgan fingerprint density at radius 1 is 1.25 bits per heavy atom. The summed E-state index contributed by atoms with van der Waals surface area (Å²) >= 11 is 0. The van der Waals surface area contributed by atoms with Gasteiger partial charge >= 0.3 is 0 Å². The largest absolute Gasteiger partial charge is 0.497 e. The molecule has 4 heteroatoms. The first kappa shape index (κ1) is 12.4. The summed E-state index contributed by atoms with van der Waals surface area (Å²) in [6.07, 6.45) is 6.13. The molecule has 0 N–H and O–H groups in total. The quantitative estimate of drug-likeness (QED) is 0.680. The van der Waals surface area contributed by atoms with Gasteiger partial charge in [-0.1, -0.05) is 6.08 Å². The Morgan fingerprint density at radius 2 is 2.05 bits per heavy atom. The molecule has 0 saturated carbocycles. The number of fused-ring (bicyclic) bond motifs is 1. The minimum Gasteiger partial charge on any atom is -0.497 e. The van der Waals surface area contributed by atoms with Crippen molar-refractivity contribution in [1.29, 1.82) is 0 Å². The molecule has 0 aliphatic heterocycles. The van der Waals surface area contributed by atoms with E-state index >= 15 is 0 Å². The van der Waals surface area contributed by atoms with Crippen molar-refractivity contribution < 1.29 is 4.74 Å². The van der Waals surface area contributed by atoms with Crippen LogP contribution in [0, 0.1) is 0 Å². The van der Waals surface area contributed by atoms with E-state index in [0.29, 0.717) is 5.95 Å². The third-order valence-corrected chi connectivity index (χ3v) is 3.19. The molecule has 20 heavy (non-hydrogen) atoms. The Morgan fingerprint density at radius 3 is 2.75 bits per heavy atom. The van der Waals surface area contributed by atoms with Crippen molar-refractivity contribution in [3.05, 3.63) is 61.1 Å². The normalized spacial score (nSPS) is 10.7. The van der Waals surface area contributed by atoms with Gasteiger partial charge in [0.1, 0.15) is 5.75 Å². The van der Waals surface area contributed by atoms with Crippen LogP contribution in [0.4, 0.5) is 0 Å². The summed E-state index contributed by atoms with van der Waals surface area (Å²) in [5.74, 6) is 1.51. The summed E-state index contributed by atoms with van der Waals surface area (Å²) < 4.78 is 7.33. The maximum atomic E-state index is 5.28. The lowest BCUT2D eigenvalue weighted by atomic mass is 10.2. The van der Waals surface area contributed by atoms with Gasteiger partial charge in [0.15, 0.2) is 0 Å². The van der Waals surface area contributed by atoms with Gasteiger partial charge in [0.05, 0.1) is 12.6 Å². The van der Waals surface area contributed by atoms with E-state index in [1.165, 1.54) is 0 Å². The summed E-state index contributed by atoms with van der Waals surface area (Å²) in [6, 6.07) is 9.92. The molecule has 0 bridgehead atoms. The van der Waals surface area contributed by atoms with Crippen molar-refractivity contribution in [2.45, 2.75) is 6.42 Å². The van der Waals surface area contributed by atoms with Gasteiger partial charge in [-0.2, -0.15) is 0 Å². The Balaban J connectivity index is 2.27. The lowest BCUT2D eigenvalue weighted by molar-refractivity contribution is 0.415. The van der Waals surface area contributed by atoms with Crippen molar-refractivity contribution in [1.82, 2.24) is 14.5 Å². The molecule has 0 atom stereocenters. The fourth-order valence-corrected chi connectivity index (χ4v) is 2.32. The molecular formula is C16H15N3O. The highest BCUT2D eigenvalue weighted by molar-refractivity contribution is 5.84. The monoisotopic (exact) mass is 265 g/mol. The highest BCUT2D eigenvalue weighted by Crippen LogP contribution is 2.26. The topological polar surface area (TPSA) is 39.9 Å². The van der Waals surface area contributed by atoms with Gasteiger partial charge in [0, 0.05) is 29.9 Å². The lowest BCUT2D eigenvalue weighted by Crippen LogP contribution is -2.03. The molecule has 0 aliphatic rings. The van der Waals surface area contributed by atoms with Crippen LogP contribution in [0.5, 0.6) is 5.75 Å². The van der Waals surface area contributed by atoms with Crippen LogP contribution >= 0.6 is 0 Å². The highest BCUT2D eigenvalue weighted by atomic mass is 16.5. The minimum absolute atomic E-state index is 0.671. The SMILES string of the molecule is C=CCc1cc2cc(OC)ccc2n1-c1ncccn1. The fourth-order valence-electron chi connectivity index (χ4n) is 2.32. The molecule has 0 saturated heterocycles. The standard InChI is InChI=1S/C16H15N3O/c1-3-5-13-10-12-11-14(20-2)6-7-15(12)19(13)16-17-8-4-9-18-16/h3-4,6-11H,1,5H2,2H3. The summed E-state index contributed by atoms with van der Waals surface area (Å²) in [7, 11) is 1.67. The van der Waals surface area contributed by atoms with Crippen molar-refractivity contribution in [3.8, 4) is 11.7 Å². The van der Waals surface area contributed by atoms with E-state index in [9.17, 15) is 0 Å². The van der Waals surface area contributed by atoms with Gasteiger partial charge < -0.3 is 4.74 Å². The summed E-state index contributed by atoms with van der Waals surface area (Å²) in [4.78, 5) is 8.69. The number of hydrogen-bond donors (Lipinski definition) is 0. The van der Waals surface area contributed by atoms with Crippen LogP contribution in [-0.2, 0) is 6.42 Å². The second-order valence-corrected chi connectivity index (χ2v) is 4.44.